The maximum Gasteiger partial charge on any atom is 0.241 e. The summed E-state index contributed by atoms with van der Waals surface area (Å²) in [6.45, 7) is 1.98. The molecule has 120 valence electrons. The van der Waals surface area contributed by atoms with Crippen LogP contribution in [-0.2, 0) is 16.1 Å². The molecule has 0 unspecified atom stereocenters. The molecule has 0 bridgehead atoms. The van der Waals surface area contributed by atoms with E-state index < -0.39 is 0 Å². The van der Waals surface area contributed by atoms with Crippen LogP contribution in [0.2, 0.25) is 0 Å². The summed E-state index contributed by atoms with van der Waals surface area (Å²) < 4.78 is 5.34. The second-order valence-electron chi connectivity index (χ2n) is 5.77. The molecule has 0 spiro atoms. The van der Waals surface area contributed by atoms with E-state index in [1.807, 2.05) is 53.5 Å². The van der Waals surface area contributed by atoms with Crippen LogP contribution < -0.4 is 10.4 Å². The van der Waals surface area contributed by atoms with Gasteiger partial charge in [0.15, 0.2) is 0 Å². The van der Waals surface area contributed by atoms with Crippen LogP contribution in [0.25, 0.3) is 0 Å². The van der Waals surface area contributed by atoms with Gasteiger partial charge in [0, 0.05) is 19.1 Å². The van der Waals surface area contributed by atoms with Crippen LogP contribution in [0.3, 0.4) is 0 Å². The fraction of sp³-hybridized carbons (Fsp3) is 0.316. The van der Waals surface area contributed by atoms with Gasteiger partial charge in [0.25, 0.3) is 0 Å². The van der Waals surface area contributed by atoms with Gasteiger partial charge in [0.2, 0.25) is 5.91 Å². The molecule has 3 rings (SSSR count). The zero-order valence-electron chi connectivity index (χ0n) is 13.2. The van der Waals surface area contributed by atoms with E-state index in [9.17, 15) is 4.79 Å². The van der Waals surface area contributed by atoms with E-state index >= 15 is 0 Å². The summed E-state index contributed by atoms with van der Waals surface area (Å²) >= 11 is 0. The van der Waals surface area contributed by atoms with Gasteiger partial charge in [-0.25, -0.2) is 0 Å². The summed E-state index contributed by atoms with van der Waals surface area (Å²) in [5, 5.41) is 1.92. The lowest BCUT2D eigenvalue weighted by molar-refractivity contribution is -0.128. The van der Waals surface area contributed by atoms with E-state index in [1.165, 1.54) is 0 Å². The van der Waals surface area contributed by atoms with Crippen LogP contribution in [0, 0.1) is 5.92 Å². The normalized spacial score (nSPS) is 15.1. The van der Waals surface area contributed by atoms with Crippen LogP contribution in [-0.4, -0.2) is 19.1 Å². The van der Waals surface area contributed by atoms with Gasteiger partial charge in [-0.1, -0.05) is 48.5 Å². The van der Waals surface area contributed by atoms with Crippen molar-refractivity contribution in [3.63, 3.8) is 0 Å². The van der Waals surface area contributed by atoms with Crippen LogP contribution >= 0.6 is 0 Å². The van der Waals surface area contributed by atoms with Gasteiger partial charge in [0.1, 0.15) is 0 Å². The van der Waals surface area contributed by atoms with Crippen LogP contribution in [0.4, 0.5) is 5.69 Å². The predicted molar refractivity (Wildman–Crippen MR) is 90.8 cm³/mol. The van der Waals surface area contributed by atoms with Gasteiger partial charge in [0.05, 0.1) is 12.2 Å². The number of rotatable bonds is 5. The average molecular weight is 310 g/mol. The number of hydrogen-bond donors (Lipinski definition) is 1. The maximum atomic E-state index is 12.6. The molecule has 1 fully saturated rings. The van der Waals surface area contributed by atoms with Crippen molar-refractivity contribution < 1.29 is 9.53 Å². The molecule has 4 nitrogen and oxygen atoms in total. The second-order valence-corrected chi connectivity index (χ2v) is 5.77. The molecule has 2 aromatic carbocycles. The minimum Gasteiger partial charge on any atom is -0.381 e. The van der Waals surface area contributed by atoms with E-state index in [0.717, 1.165) is 24.1 Å². The molecule has 0 atom stereocenters. The fourth-order valence-corrected chi connectivity index (χ4v) is 2.75. The number of benzene rings is 2. The zero-order valence-corrected chi connectivity index (χ0v) is 13.2. The van der Waals surface area contributed by atoms with E-state index in [0.29, 0.717) is 19.8 Å². The minimum absolute atomic E-state index is 0.0331. The quantitative estimate of drug-likeness (QED) is 0.863. The molecule has 1 amide bonds. The molecule has 23 heavy (non-hydrogen) atoms. The molecule has 1 aliphatic rings. The molecule has 1 aliphatic heterocycles. The minimum atomic E-state index is 0.0331. The first-order chi connectivity index (χ1) is 11.3. The van der Waals surface area contributed by atoms with Gasteiger partial charge in [-0.15, -0.1) is 0 Å². The number of para-hydroxylation sites is 1. The van der Waals surface area contributed by atoms with Crippen molar-refractivity contribution in [1.29, 1.82) is 0 Å². The first kappa shape index (κ1) is 15.6. The molecule has 4 heteroatoms. The van der Waals surface area contributed by atoms with Crippen molar-refractivity contribution in [1.82, 2.24) is 5.43 Å². The number of ether oxygens (including phenoxy) is 1. The molecular weight excluding hydrogens is 288 g/mol. The smallest absolute Gasteiger partial charge is 0.241 e. The molecule has 1 N–H and O–H groups in total. The van der Waals surface area contributed by atoms with Crippen molar-refractivity contribution >= 4 is 11.6 Å². The monoisotopic (exact) mass is 310 g/mol. The topological polar surface area (TPSA) is 41.6 Å². The van der Waals surface area contributed by atoms with Crippen molar-refractivity contribution in [2.24, 2.45) is 5.92 Å². The number of carbonyl (C=O) groups is 1. The van der Waals surface area contributed by atoms with Crippen LogP contribution in [0.1, 0.15) is 18.4 Å². The lowest BCUT2D eigenvalue weighted by Gasteiger charge is -2.29. The summed E-state index contributed by atoms with van der Waals surface area (Å²) in [6.07, 6.45) is 1.58. The molecule has 0 aliphatic carbocycles. The number of nitrogens with zero attached hydrogens (tertiary/aromatic N) is 1. The van der Waals surface area contributed by atoms with Gasteiger partial charge in [-0.3, -0.25) is 15.2 Å². The zero-order chi connectivity index (χ0) is 15.9. The second kappa shape index (κ2) is 7.79. The first-order valence-corrected chi connectivity index (χ1v) is 8.08. The van der Waals surface area contributed by atoms with E-state index in [2.05, 4.69) is 17.6 Å². The van der Waals surface area contributed by atoms with Crippen molar-refractivity contribution in [3.8, 4) is 0 Å². The number of anilines is 1. The maximum absolute atomic E-state index is 12.6. The third-order valence-electron chi connectivity index (χ3n) is 4.09. The number of hydrazine groups is 1. The SMILES string of the molecule is O=C(NN(Cc1ccccc1)c1ccccc1)C1CCOCC1. The van der Waals surface area contributed by atoms with Crippen molar-refractivity contribution in [2.45, 2.75) is 19.4 Å². The Morgan fingerprint density at radius 3 is 2.26 bits per heavy atom. The highest BCUT2D eigenvalue weighted by molar-refractivity contribution is 5.80. The van der Waals surface area contributed by atoms with E-state index in [4.69, 9.17) is 4.74 Å². The lowest BCUT2D eigenvalue weighted by Crippen LogP contribution is -2.46. The number of amides is 1. The Morgan fingerprint density at radius 1 is 1.00 bits per heavy atom. The summed E-state index contributed by atoms with van der Waals surface area (Å²) in [5.41, 5.74) is 5.23. The highest BCUT2D eigenvalue weighted by atomic mass is 16.5. The molecule has 0 aromatic heterocycles. The molecule has 0 radical (unpaired) electrons. The number of hydrogen-bond acceptors (Lipinski definition) is 3. The van der Waals surface area contributed by atoms with E-state index in [-0.39, 0.29) is 11.8 Å². The summed E-state index contributed by atoms with van der Waals surface area (Å²) in [7, 11) is 0. The highest BCUT2D eigenvalue weighted by Crippen LogP contribution is 2.18. The van der Waals surface area contributed by atoms with E-state index in [1.54, 1.807) is 0 Å². The Balaban J connectivity index is 1.73. The number of nitrogens with one attached hydrogen (secondary N) is 1. The Hall–Kier alpha value is -2.33. The molecule has 2 aromatic rings. The summed E-state index contributed by atoms with van der Waals surface area (Å²) in [5.74, 6) is 0.110. The van der Waals surface area contributed by atoms with Crippen LogP contribution in [0.5, 0.6) is 0 Å². The Morgan fingerprint density at radius 2 is 1.61 bits per heavy atom. The highest BCUT2D eigenvalue weighted by Gasteiger charge is 2.23. The predicted octanol–water partition coefficient (Wildman–Crippen LogP) is 3.15. The average Bonchev–Trinajstić information content (AvgIpc) is 2.63. The molecule has 1 heterocycles. The Kier molecular flexibility index (Phi) is 5.27. The largest absolute Gasteiger partial charge is 0.381 e. The number of carbonyl (C=O) groups excluding carboxylic acids is 1. The Labute approximate surface area is 137 Å². The molecule has 1 saturated heterocycles. The lowest BCUT2D eigenvalue weighted by atomic mass is 10.00. The van der Waals surface area contributed by atoms with Crippen LogP contribution in [0.15, 0.2) is 60.7 Å². The van der Waals surface area contributed by atoms with Gasteiger partial charge < -0.3 is 4.74 Å². The fourth-order valence-electron chi connectivity index (χ4n) is 2.75. The van der Waals surface area contributed by atoms with Gasteiger partial charge >= 0.3 is 0 Å². The molecular formula is C19H22N2O2. The third-order valence-corrected chi connectivity index (χ3v) is 4.09. The standard InChI is InChI=1S/C19H22N2O2/c22-19(17-11-13-23-14-12-17)20-21(18-9-5-2-6-10-18)15-16-7-3-1-4-8-16/h1-10,17H,11-15H2,(H,20,22). The first-order valence-electron chi connectivity index (χ1n) is 8.08. The summed E-state index contributed by atoms with van der Waals surface area (Å²) in [4.78, 5) is 12.6. The van der Waals surface area contributed by atoms with Gasteiger partial charge in [-0.2, -0.15) is 0 Å². The van der Waals surface area contributed by atoms with Gasteiger partial charge in [-0.05, 0) is 30.5 Å². The van der Waals surface area contributed by atoms with Crippen molar-refractivity contribution in [3.05, 3.63) is 66.2 Å². The Bertz CT molecular complexity index is 610. The molecule has 0 saturated carbocycles. The summed E-state index contributed by atoms with van der Waals surface area (Å²) in [6, 6.07) is 20.1. The third kappa shape index (κ3) is 4.33. The van der Waals surface area contributed by atoms with Crippen molar-refractivity contribution in [2.75, 3.05) is 18.2 Å².